The van der Waals surface area contributed by atoms with Crippen LogP contribution in [0.15, 0.2) is 6.07 Å². The van der Waals surface area contributed by atoms with Gasteiger partial charge in [0.25, 0.3) is 0 Å². The highest BCUT2D eigenvalue weighted by Crippen LogP contribution is 2.24. The zero-order chi connectivity index (χ0) is 20.7. The van der Waals surface area contributed by atoms with E-state index in [0.717, 1.165) is 23.2 Å². The normalized spacial score (nSPS) is 10.2. The Kier molecular flexibility index (Phi) is 7.64. The van der Waals surface area contributed by atoms with E-state index in [-0.39, 0.29) is 17.1 Å². The molecule has 0 unspecified atom stereocenters. The highest BCUT2D eigenvalue weighted by Gasteiger charge is 2.30. The third-order valence-corrected chi connectivity index (χ3v) is 3.62. The average Bonchev–Trinajstić information content (AvgIpc) is 3.08. The van der Waals surface area contributed by atoms with Crippen LogP contribution in [-0.4, -0.2) is 46.6 Å². The summed E-state index contributed by atoms with van der Waals surface area (Å²) in [6.45, 7) is 3.88. The summed E-state index contributed by atoms with van der Waals surface area (Å²) in [6.07, 6.45) is 2.89. The fourth-order valence-corrected chi connectivity index (χ4v) is 2.51. The van der Waals surface area contributed by atoms with Gasteiger partial charge in [-0.1, -0.05) is 26.7 Å². The highest BCUT2D eigenvalue weighted by atomic mass is 16.6. The molecule has 11 nitrogen and oxygen atoms in total. The van der Waals surface area contributed by atoms with Crippen molar-refractivity contribution in [1.29, 1.82) is 0 Å². The zero-order valence-electron chi connectivity index (χ0n) is 15.7. The number of aromatic nitrogens is 4. The Labute approximate surface area is 155 Å². The molecule has 2 aromatic heterocycles. The lowest BCUT2D eigenvalue weighted by Crippen LogP contribution is -2.07. The molecule has 148 valence electrons. The summed E-state index contributed by atoms with van der Waals surface area (Å²) >= 11 is 0. The number of rotatable bonds is 7. The molecule has 0 fully saturated rings. The Morgan fingerprint density at radius 1 is 1.07 bits per heavy atom. The van der Waals surface area contributed by atoms with E-state index in [9.17, 15) is 19.7 Å². The summed E-state index contributed by atoms with van der Waals surface area (Å²) in [4.78, 5) is 31.4. The Hall–Kier alpha value is -3.24. The van der Waals surface area contributed by atoms with Crippen molar-refractivity contribution in [3.05, 3.63) is 39.0 Å². The van der Waals surface area contributed by atoms with E-state index in [1.165, 1.54) is 11.7 Å². The molecule has 2 aromatic rings. The minimum absolute atomic E-state index is 0.224. The van der Waals surface area contributed by atoms with Crippen molar-refractivity contribution in [3.63, 3.8) is 0 Å². The van der Waals surface area contributed by atoms with Gasteiger partial charge < -0.3 is 10.2 Å². The number of hydrogen-bond donors (Lipinski definition) is 2. The van der Waals surface area contributed by atoms with E-state index in [1.54, 1.807) is 13.1 Å². The second kappa shape index (κ2) is 9.46. The Morgan fingerprint density at radius 2 is 1.67 bits per heavy atom. The monoisotopic (exact) mass is 381 g/mol. The van der Waals surface area contributed by atoms with Crippen LogP contribution >= 0.6 is 0 Å². The Bertz CT molecular complexity index is 839. The van der Waals surface area contributed by atoms with Gasteiger partial charge in [-0.15, -0.1) is 0 Å². The molecular weight excluding hydrogens is 358 g/mol. The SMILES string of the molecule is CCCc1cc(C(=O)O)n(C)n1.CCCc1nn(C)c(C(=O)O)c1[N+](=O)[O-]. The summed E-state index contributed by atoms with van der Waals surface area (Å²) in [5.41, 5.74) is 0.550. The van der Waals surface area contributed by atoms with Gasteiger partial charge >= 0.3 is 17.6 Å². The molecule has 2 N–H and O–H groups in total. The zero-order valence-corrected chi connectivity index (χ0v) is 15.7. The van der Waals surface area contributed by atoms with E-state index in [4.69, 9.17) is 10.2 Å². The number of carboxylic acid groups (broad SMARTS) is 2. The van der Waals surface area contributed by atoms with Gasteiger partial charge in [-0.25, -0.2) is 9.59 Å². The van der Waals surface area contributed by atoms with E-state index in [0.29, 0.717) is 12.8 Å². The summed E-state index contributed by atoms with van der Waals surface area (Å²) in [5.74, 6) is -2.26. The fraction of sp³-hybridized carbons (Fsp3) is 0.500. The van der Waals surface area contributed by atoms with Crippen LogP contribution in [0.3, 0.4) is 0 Å². The first-order valence-corrected chi connectivity index (χ1v) is 8.33. The van der Waals surface area contributed by atoms with Crippen molar-refractivity contribution in [2.24, 2.45) is 14.1 Å². The average molecular weight is 381 g/mol. The molecule has 0 spiro atoms. The Morgan fingerprint density at radius 3 is 2.07 bits per heavy atom. The van der Waals surface area contributed by atoms with Crippen LogP contribution in [-0.2, 0) is 26.9 Å². The van der Waals surface area contributed by atoms with Crippen LogP contribution in [0.1, 0.15) is 59.1 Å². The Balaban J connectivity index is 0.000000277. The van der Waals surface area contributed by atoms with Crippen molar-refractivity contribution in [1.82, 2.24) is 19.6 Å². The maximum Gasteiger partial charge on any atom is 0.361 e. The lowest BCUT2D eigenvalue weighted by atomic mass is 10.2. The van der Waals surface area contributed by atoms with Gasteiger partial charge in [-0.2, -0.15) is 10.2 Å². The molecule has 0 aliphatic heterocycles. The van der Waals surface area contributed by atoms with Gasteiger partial charge in [0.1, 0.15) is 11.4 Å². The molecule has 2 rings (SSSR count). The van der Waals surface area contributed by atoms with Crippen molar-refractivity contribution in [2.45, 2.75) is 39.5 Å². The van der Waals surface area contributed by atoms with Crippen LogP contribution in [0.2, 0.25) is 0 Å². The van der Waals surface area contributed by atoms with Gasteiger partial charge in [-0.05, 0) is 18.9 Å². The molecule has 0 atom stereocenters. The number of nitrogens with zero attached hydrogens (tertiary/aromatic N) is 5. The van der Waals surface area contributed by atoms with Crippen LogP contribution in [0.25, 0.3) is 0 Å². The largest absolute Gasteiger partial charge is 0.477 e. The summed E-state index contributed by atoms with van der Waals surface area (Å²) in [7, 11) is 3.03. The van der Waals surface area contributed by atoms with Gasteiger partial charge in [0.15, 0.2) is 0 Å². The molecule has 0 aliphatic rings. The highest BCUT2D eigenvalue weighted by molar-refractivity contribution is 5.91. The van der Waals surface area contributed by atoms with Crippen molar-refractivity contribution >= 4 is 17.6 Å². The molecular formula is C16H23N5O6. The maximum absolute atomic E-state index is 10.8. The van der Waals surface area contributed by atoms with Crippen LogP contribution in [0.5, 0.6) is 0 Å². The summed E-state index contributed by atoms with van der Waals surface area (Å²) in [5, 5.41) is 36.1. The second-order valence-corrected chi connectivity index (χ2v) is 5.78. The molecule has 2 heterocycles. The second-order valence-electron chi connectivity index (χ2n) is 5.78. The van der Waals surface area contributed by atoms with Crippen LogP contribution in [0, 0.1) is 10.1 Å². The van der Waals surface area contributed by atoms with E-state index < -0.39 is 22.5 Å². The van der Waals surface area contributed by atoms with Crippen molar-refractivity contribution in [3.8, 4) is 0 Å². The van der Waals surface area contributed by atoms with Crippen LogP contribution in [0.4, 0.5) is 5.69 Å². The number of nitro groups is 1. The lowest BCUT2D eigenvalue weighted by Gasteiger charge is -1.93. The molecule has 0 aliphatic carbocycles. The first-order chi connectivity index (χ1) is 12.6. The van der Waals surface area contributed by atoms with Crippen molar-refractivity contribution in [2.75, 3.05) is 0 Å². The molecule has 0 amide bonds. The molecule has 0 saturated heterocycles. The molecule has 0 bridgehead atoms. The number of carboxylic acids is 2. The predicted molar refractivity (Wildman–Crippen MR) is 95.0 cm³/mol. The van der Waals surface area contributed by atoms with Gasteiger partial charge in [0.2, 0.25) is 5.69 Å². The molecule has 0 radical (unpaired) electrons. The first kappa shape index (κ1) is 21.8. The third-order valence-electron chi connectivity index (χ3n) is 3.62. The summed E-state index contributed by atoms with van der Waals surface area (Å²) < 4.78 is 2.43. The lowest BCUT2D eigenvalue weighted by molar-refractivity contribution is -0.386. The van der Waals surface area contributed by atoms with Gasteiger partial charge in [0, 0.05) is 14.1 Å². The molecule has 11 heteroatoms. The molecule has 0 aromatic carbocycles. The summed E-state index contributed by atoms with van der Waals surface area (Å²) in [6, 6.07) is 1.62. The predicted octanol–water partition coefficient (Wildman–Crippen LogP) is 2.05. The van der Waals surface area contributed by atoms with Gasteiger partial charge in [0.05, 0.1) is 10.6 Å². The number of aromatic carboxylic acids is 2. The number of hydrogen-bond acceptors (Lipinski definition) is 6. The minimum Gasteiger partial charge on any atom is -0.477 e. The first-order valence-electron chi connectivity index (χ1n) is 8.33. The fourth-order valence-electron chi connectivity index (χ4n) is 2.51. The maximum atomic E-state index is 10.8. The van der Waals surface area contributed by atoms with E-state index >= 15 is 0 Å². The number of aryl methyl sites for hydroxylation is 4. The molecule has 0 saturated carbocycles. The van der Waals surface area contributed by atoms with Crippen LogP contribution < -0.4 is 0 Å². The van der Waals surface area contributed by atoms with Crippen molar-refractivity contribution < 1.29 is 24.7 Å². The standard InChI is InChI=1S/C8H11N3O4.C8H12N2O2/c1-3-4-5-6(11(14)15)7(8(12)13)10(2)9-5;1-3-4-6-5-7(8(11)12)10(2)9-6/h3-4H2,1-2H3,(H,12,13);5H,3-4H2,1-2H3,(H,11,12). The quantitative estimate of drug-likeness (QED) is 0.545. The van der Waals surface area contributed by atoms with E-state index in [1.807, 2.05) is 13.8 Å². The smallest absolute Gasteiger partial charge is 0.361 e. The third kappa shape index (κ3) is 5.36. The minimum atomic E-state index is -1.33. The topological polar surface area (TPSA) is 153 Å². The van der Waals surface area contributed by atoms with Gasteiger partial charge in [-0.3, -0.25) is 19.5 Å². The molecule has 27 heavy (non-hydrogen) atoms. The number of carbonyl (C=O) groups is 2. The van der Waals surface area contributed by atoms with E-state index in [2.05, 4.69) is 10.2 Å².